The van der Waals surface area contributed by atoms with Crippen molar-refractivity contribution in [3.63, 3.8) is 0 Å². The van der Waals surface area contributed by atoms with E-state index in [1.54, 1.807) is 7.11 Å². The van der Waals surface area contributed by atoms with Gasteiger partial charge in [0.25, 0.3) is 0 Å². The first-order valence-electron chi connectivity index (χ1n) is 7.86. The maximum Gasteiger partial charge on any atom is 0.148 e. The van der Waals surface area contributed by atoms with E-state index in [0.29, 0.717) is 12.3 Å². The molecule has 2 aliphatic heterocycles. The number of aliphatic hydroxyl groups excluding tert-OH is 1. The predicted octanol–water partition coefficient (Wildman–Crippen LogP) is 3.03. The lowest BCUT2D eigenvalue weighted by Gasteiger charge is -2.56. The van der Waals surface area contributed by atoms with Crippen LogP contribution in [0.3, 0.4) is 0 Å². The van der Waals surface area contributed by atoms with Gasteiger partial charge in [-0.15, -0.1) is 0 Å². The van der Waals surface area contributed by atoms with Gasteiger partial charge in [0.1, 0.15) is 11.9 Å². The van der Waals surface area contributed by atoms with E-state index in [4.69, 9.17) is 4.74 Å². The normalized spacial score (nSPS) is 39.0. The first-order chi connectivity index (χ1) is 10.3. The molecule has 4 nitrogen and oxygen atoms in total. The molecule has 3 unspecified atom stereocenters. The van der Waals surface area contributed by atoms with Crippen LogP contribution in [0.4, 0.5) is 0 Å². The minimum Gasteiger partial charge on any atom is -0.494 e. The molecule has 0 aromatic rings. The third-order valence-corrected chi connectivity index (χ3v) is 6.41. The van der Waals surface area contributed by atoms with Gasteiger partial charge in [-0.25, -0.2) is 0 Å². The van der Waals surface area contributed by atoms with Crippen molar-refractivity contribution in [1.82, 2.24) is 4.90 Å². The third kappa shape index (κ3) is 2.09. The van der Waals surface area contributed by atoms with Crippen molar-refractivity contribution in [2.45, 2.75) is 50.7 Å². The van der Waals surface area contributed by atoms with Gasteiger partial charge < -0.3 is 19.8 Å². The SMILES string of the molecule is C=C1C(Br)=CN2CC3(O)CCCCCC3(C)C(O)C2=C1OC. The molecule has 0 bridgehead atoms. The second-order valence-electron chi connectivity index (χ2n) is 6.91. The number of nitrogens with zero attached hydrogens (tertiary/aromatic N) is 1. The molecule has 1 saturated heterocycles. The Balaban J connectivity index is 2.13. The van der Waals surface area contributed by atoms with E-state index in [-0.39, 0.29) is 0 Å². The average Bonchev–Trinajstić information content (AvgIpc) is 2.62. The number of hydrogen-bond donors (Lipinski definition) is 2. The molecule has 0 radical (unpaired) electrons. The molecular formula is C17H24BrNO3. The number of halogens is 1. The van der Waals surface area contributed by atoms with Crippen molar-refractivity contribution < 1.29 is 14.9 Å². The summed E-state index contributed by atoms with van der Waals surface area (Å²) in [6.45, 7) is 6.53. The third-order valence-electron chi connectivity index (χ3n) is 5.72. The maximum absolute atomic E-state index is 11.3. The van der Waals surface area contributed by atoms with E-state index in [1.807, 2.05) is 18.0 Å². The van der Waals surface area contributed by atoms with Crippen LogP contribution in [-0.2, 0) is 4.74 Å². The van der Waals surface area contributed by atoms with E-state index < -0.39 is 17.1 Å². The highest BCUT2D eigenvalue weighted by Crippen LogP contribution is 2.53. The summed E-state index contributed by atoms with van der Waals surface area (Å²) in [6, 6.07) is 0. The highest BCUT2D eigenvalue weighted by Gasteiger charge is 2.58. The fraction of sp³-hybridized carbons (Fsp3) is 0.647. The van der Waals surface area contributed by atoms with Gasteiger partial charge in [-0.2, -0.15) is 0 Å². The largest absolute Gasteiger partial charge is 0.494 e. The summed E-state index contributed by atoms with van der Waals surface area (Å²) in [6.07, 6.45) is 5.80. The van der Waals surface area contributed by atoms with Crippen LogP contribution in [0.25, 0.3) is 0 Å². The molecular weight excluding hydrogens is 346 g/mol. The van der Waals surface area contributed by atoms with E-state index in [0.717, 1.165) is 47.9 Å². The molecule has 3 atom stereocenters. The molecule has 2 N–H and O–H groups in total. The van der Waals surface area contributed by atoms with Crippen LogP contribution in [0.2, 0.25) is 0 Å². The first-order valence-corrected chi connectivity index (χ1v) is 8.65. The lowest BCUT2D eigenvalue weighted by molar-refractivity contribution is -0.164. The minimum atomic E-state index is -0.895. The summed E-state index contributed by atoms with van der Waals surface area (Å²) < 4.78 is 6.35. The van der Waals surface area contributed by atoms with Gasteiger partial charge in [0.15, 0.2) is 0 Å². The monoisotopic (exact) mass is 369 g/mol. The minimum absolute atomic E-state index is 0.477. The maximum atomic E-state index is 11.3. The van der Waals surface area contributed by atoms with Crippen LogP contribution in [-0.4, -0.2) is 40.5 Å². The number of allylic oxidation sites excluding steroid dienone is 1. The van der Waals surface area contributed by atoms with E-state index in [9.17, 15) is 10.2 Å². The van der Waals surface area contributed by atoms with Crippen molar-refractivity contribution in [1.29, 1.82) is 0 Å². The van der Waals surface area contributed by atoms with E-state index >= 15 is 0 Å². The van der Waals surface area contributed by atoms with Gasteiger partial charge in [0.2, 0.25) is 0 Å². The lowest BCUT2D eigenvalue weighted by atomic mass is 9.62. The Morgan fingerprint density at radius 2 is 2.05 bits per heavy atom. The molecule has 0 spiro atoms. The molecule has 1 saturated carbocycles. The van der Waals surface area contributed by atoms with Crippen molar-refractivity contribution in [3.8, 4) is 0 Å². The summed E-state index contributed by atoms with van der Waals surface area (Å²) >= 11 is 3.49. The van der Waals surface area contributed by atoms with Gasteiger partial charge in [0.05, 0.1) is 25.0 Å². The Bertz CT molecular complexity index is 570. The Labute approximate surface area is 140 Å². The van der Waals surface area contributed by atoms with Gasteiger partial charge in [-0.1, -0.05) is 32.8 Å². The van der Waals surface area contributed by atoms with Crippen molar-refractivity contribution >= 4 is 15.9 Å². The highest BCUT2D eigenvalue weighted by molar-refractivity contribution is 9.12. The van der Waals surface area contributed by atoms with Crippen LogP contribution in [0.15, 0.2) is 34.3 Å². The quantitative estimate of drug-likeness (QED) is 0.745. The molecule has 122 valence electrons. The van der Waals surface area contributed by atoms with Crippen LogP contribution < -0.4 is 0 Å². The number of rotatable bonds is 1. The summed E-state index contributed by atoms with van der Waals surface area (Å²) in [5.74, 6) is 0.606. The van der Waals surface area contributed by atoms with Crippen LogP contribution in [0.5, 0.6) is 0 Å². The predicted molar refractivity (Wildman–Crippen MR) is 89.0 cm³/mol. The summed E-state index contributed by atoms with van der Waals surface area (Å²) in [4.78, 5) is 1.93. The Kier molecular flexibility index (Phi) is 3.94. The summed E-state index contributed by atoms with van der Waals surface area (Å²) in [5.41, 5.74) is 0.00495. The molecule has 0 amide bonds. The molecule has 3 aliphatic rings. The molecule has 3 rings (SSSR count). The number of hydrogen-bond acceptors (Lipinski definition) is 4. The highest BCUT2D eigenvalue weighted by atomic mass is 79.9. The number of fused-ring (bicyclic) bond motifs is 2. The standard InChI is InChI=1S/C17H24BrNO3/c1-11-12(18)9-19-10-17(21)8-6-4-5-7-16(17,2)15(20)13(19)14(11)22-3/h9,15,20-21H,1,4-8,10H2,2-3H3. The smallest absolute Gasteiger partial charge is 0.148 e. The van der Waals surface area contributed by atoms with Gasteiger partial charge in [0, 0.05) is 21.7 Å². The number of aliphatic hydroxyl groups is 2. The molecule has 0 aromatic carbocycles. The molecule has 5 heteroatoms. The van der Waals surface area contributed by atoms with Crippen LogP contribution in [0.1, 0.15) is 39.0 Å². The first kappa shape index (κ1) is 16.1. The fourth-order valence-electron chi connectivity index (χ4n) is 4.16. The van der Waals surface area contributed by atoms with Crippen molar-refractivity contribution in [3.05, 3.63) is 34.3 Å². The van der Waals surface area contributed by atoms with Crippen LogP contribution >= 0.6 is 15.9 Å². The molecule has 22 heavy (non-hydrogen) atoms. The lowest BCUT2D eigenvalue weighted by Crippen LogP contribution is -2.64. The van der Waals surface area contributed by atoms with E-state index in [1.165, 1.54) is 0 Å². The summed E-state index contributed by atoms with van der Waals surface area (Å²) in [5, 5.41) is 22.4. The molecule has 2 fully saturated rings. The number of piperidine rings is 1. The number of ether oxygens (including phenoxy) is 1. The van der Waals surface area contributed by atoms with Crippen molar-refractivity contribution in [2.24, 2.45) is 5.41 Å². The Morgan fingerprint density at radius 1 is 1.36 bits per heavy atom. The van der Waals surface area contributed by atoms with Gasteiger partial charge >= 0.3 is 0 Å². The molecule has 1 aliphatic carbocycles. The molecule has 2 heterocycles. The van der Waals surface area contributed by atoms with E-state index in [2.05, 4.69) is 22.5 Å². The van der Waals surface area contributed by atoms with Crippen molar-refractivity contribution in [2.75, 3.05) is 13.7 Å². The summed E-state index contributed by atoms with van der Waals surface area (Å²) in [7, 11) is 1.60. The zero-order valence-corrected chi connectivity index (χ0v) is 14.8. The van der Waals surface area contributed by atoms with Gasteiger partial charge in [-0.3, -0.25) is 0 Å². The van der Waals surface area contributed by atoms with Gasteiger partial charge in [-0.05, 0) is 28.8 Å². The Hall–Kier alpha value is -0.780. The zero-order valence-electron chi connectivity index (χ0n) is 13.2. The second kappa shape index (κ2) is 5.39. The topological polar surface area (TPSA) is 52.9 Å². The average molecular weight is 370 g/mol. The molecule has 0 aromatic heterocycles. The van der Waals surface area contributed by atoms with Crippen LogP contribution in [0, 0.1) is 5.41 Å². The second-order valence-corrected chi connectivity index (χ2v) is 7.77. The fourth-order valence-corrected chi connectivity index (χ4v) is 4.58. The Morgan fingerprint density at radius 3 is 2.73 bits per heavy atom. The number of methoxy groups -OCH3 is 1. The zero-order chi connectivity index (χ0) is 16.1.